The van der Waals surface area contributed by atoms with E-state index in [1.165, 1.54) is 18.1 Å². The maximum absolute atomic E-state index is 13.5. The van der Waals surface area contributed by atoms with E-state index in [9.17, 15) is 38.1 Å². The third-order valence-corrected chi connectivity index (χ3v) is 12.0. The molecule has 4 aliphatic rings. The van der Waals surface area contributed by atoms with Crippen molar-refractivity contribution in [1.82, 2.24) is 30.4 Å². The number of carbonyl (C=O) groups is 2. The van der Waals surface area contributed by atoms with E-state index in [-0.39, 0.29) is 23.6 Å². The Bertz CT molecular complexity index is 2150. The minimum atomic E-state index is -4.55. The molecule has 6 unspecified atom stereocenters. The second-order valence-electron chi connectivity index (χ2n) is 16.4. The molecule has 3 aromatic rings. The predicted octanol–water partition coefficient (Wildman–Crippen LogP) is 4.48. The minimum absolute atomic E-state index is 0.00402. The van der Waals surface area contributed by atoms with Gasteiger partial charge in [-0.25, -0.2) is 9.97 Å². The van der Waals surface area contributed by atoms with Gasteiger partial charge in [0.1, 0.15) is 36.4 Å². The first-order valence-corrected chi connectivity index (χ1v) is 20.9. The van der Waals surface area contributed by atoms with Crippen LogP contribution in [-0.2, 0) is 15.8 Å². The summed E-state index contributed by atoms with van der Waals surface area (Å²) in [7, 11) is 1.53. The third-order valence-electron chi connectivity index (χ3n) is 12.0. The van der Waals surface area contributed by atoms with Crippen molar-refractivity contribution in [2.24, 2.45) is 11.8 Å². The van der Waals surface area contributed by atoms with Gasteiger partial charge in [-0.15, -0.1) is 0 Å². The summed E-state index contributed by atoms with van der Waals surface area (Å²) in [6.07, 6.45) is 3.18. The monoisotopic (exact) mass is 852 g/mol. The summed E-state index contributed by atoms with van der Waals surface area (Å²) < 4.78 is 52.7. The van der Waals surface area contributed by atoms with E-state index < -0.39 is 54.3 Å². The Kier molecular flexibility index (Phi) is 13.4. The molecule has 0 radical (unpaired) electrons. The summed E-state index contributed by atoms with van der Waals surface area (Å²) in [4.78, 5) is 39.0. The number of unbranched alkanes of at least 4 members (excludes halogenated alkanes) is 3. The highest BCUT2D eigenvalue weighted by atomic mass is 19.4. The van der Waals surface area contributed by atoms with Crippen LogP contribution in [0, 0.1) is 18.8 Å². The summed E-state index contributed by atoms with van der Waals surface area (Å²) in [5.41, 5.74) is 6.61. The van der Waals surface area contributed by atoms with Gasteiger partial charge in [-0.2, -0.15) is 13.2 Å². The molecule has 7 rings (SSSR count). The van der Waals surface area contributed by atoms with Crippen LogP contribution in [-0.4, -0.2) is 104 Å². The number of alkyl halides is 3. The number of carbonyl (C=O) groups excluding carboxylic acids is 2. The standard InChI is InChI=1S/C43H55F3N8O7/c1-23(25-17-26(43(44,45)46)19-27(47)18-25)49-39-30-20-35(34(60-3)21-32(30)50-24(2)51-39)61-28-14-16-53(22-28)37(56)11-6-4-5-7-15-48-31-10-8-9-29-38(31)42(59)54(41(29)58)33-12-13-36(55)52-40(33)57/h8-10,17-21,23,28-29,33,36-38,40,48,52,55-57H,4-7,11-16,22,47H2,1-3H3,(H,49,50,51)/t23-,28+,29?,33?,36?,37?,38?,40?/m1/s1. The highest BCUT2D eigenvalue weighted by Gasteiger charge is 2.53. The Hall–Kier alpha value is -5.01. The Morgan fingerprint density at radius 2 is 1.80 bits per heavy atom. The SMILES string of the molecule is COc1cc2nc(C)nc(N[C@H](C)c3cc(N)cc(C(F)(F)F)c3)c2cc1O[C@H]1CCN(C(O)CCCCCCNC2=CC=CC3C(=O)N(C4CCC(O)NC4O)C(=O)C23)C1. The lowest BCUT2D eigenvalue weighted by molar-refractivity contribution is -0.149. The molecule has 18 heteroatoms. The number of likely N-dealkylation sites (tertiary alicyclic amines) is 2. The van der Waals surface area contributed by atoms with E-state index in [1.807, 2.05) is 11.0 Å². The van der Waals surface area contributed by atoms with Crippen molar-refractivity contribution in [2.75, 3.05) is 37.8 Å². The molecule has 0 spiro atoms. The van der Waals surface area contributed by atoms with E-state index in [0.29, 0.717) is 90.6 Å². The topological polar surface area (TPSA) is 208 Å². The molecule has 8 N–H and O–H groups in total. The first-order valence-electron chi connectivity index (χ1n) is 20.9. The average Bonchev–Trinajstić information content (AvgIpc) is 3.78. The van der Waals surface area contributed by atoms with Gasteiger partial charge < -0.3 is 41.2 Å². The molecular formula is C43H55F3N8O7. The highest BCUT2D eigenvalue weighted by molar-refractivity contribution is 6.08. The number of rotatable bonds is 16. The fourth-order valence-corrected chi connectivity index (χ4v) is 8.78. The van der Waals surface area contributed by atoms with Gasteiger partial charge in [-0.1, -0.05) is 25.0 Å². The van der Waals surface area contributed by atoms with Gasteiger partial charge in [0.05, 0.1) is 42.1 Å². The molecule has 3 saturated heterocycles. The van der Waals surface area contributed by atoms with Crippen LogP contribution < -0.4 is 31.2 Å². The number of nitrogen functional groups attached to an aromatic ring is 1. The number of allylic oxidation sites excluding steroid dienone is 2. The molecule has 3 fully saturated rings. The maximum Gasteiger partial charge on any atom is 0.416 e. The van der Waals surface area contributed by atoms with Gasteiger partial charge in [-0.05, 0) is 88.3 Å². The highest BCUT2D eigenvalue weighted by Crippen LogP contribution is 2.40. The molecule has 4 heterocycles. The van der Waals surface area contributed by atoms with Gasteiger partial charge >= 0.3 is 6.18 Å². The van der Waals surface area contributed by atoms with Crippen molar-refractivity contribution in [3.8, 4) is 11.5 Å². The Morgan fingerprint density at radius 3 is 2.56 bits per heavy atom. The average molecular weight is 853 g/mol. The molecule has 8 atom stereocenters. The third kappa shape index (κ3) is 9.88. The number of aromatic nitrogens is 2. The lowest BCUT2D eigenvalue weighted by atomic mass is 9.88. The zero-order chi connectivity index (χ0) is 43.6. The van der Waals surface area contributed by atoms with Crippen LogP contribution in [0.2, 0.25) is 0 Å². The second-order valence-corrected chi connectivity index (χ2v) is 16.4. The molecule has 0 saturated carbocycles. The first kappa shape index (κ1) is 44.1. The van der Waals surface area contributed by atoms with Crippen molar-refractivity contribution in [1.29, 1.82) is 0 Å². The normalized spacial score (nSPS) is 25.4. The van der Waals surface area contributed by atoms with Crippen LogP contribution in [0.15, 0.2) is 54.3 Å². The second kappa shape index (κ2) is 18.5. The number of ether oxygens (including phenoxy) is 2. The number of aliphatic hydroxyl groups excluding tert-OH is 3. The van der Waals surface area contributed by atoms with Crippen LogP contribution in [0.3, 0.4) is 0 Å². The summed E-state index contributed by atoms with van der Waals surface area (Å²) in [6, 6.07) is 5.67. The summed E-state index contributed by atoms with van der Waals surface area (Å²) in [5, 5.41) is 41.2. The van der Waals surface area contributed by atoms with E-state index in [1.54, 1.807) is 38.1 Å². The van der Waals surface area contributed by atoms with Gasteiger partial charge in [-0.3, -0.25) is 24.7 Å². The van der Waals surface area contributed by atoms with Crippen LogP contribution >= 0.6 is 0 Å². The number of nitrogens with two attached hydrogens (primary N) is 1. The number of anilines is 2. The molecule has 3 aliphatic heterocycles. The Labute approximate surface area is 352 Å². The fourth-order valence-electron chi connectivity index (χ4n) is 8.78. The Balaban J connectivity index is 0.876. The first-order chi connectivity index (χ1) is 29.1. The summed E-state index contributed by atoms with van der Waals surface area (Å²) in [5.74, 6) is -0.184. The molecule has 330 valence electrons. The molecule has 2 amide bonds. The zero-order valence-corrected chi connectivity index (χ0v) is 34.5. The molecule has 1 aliphatic carbocycles. The van der Waals surface area contributed by atoms with Gasteiger partial charge in [0.2, 0.25) is 11.8 Å². The number of aryl methyl sites for hydroxylation is 1. The van der Waals surface area contributed by atoms with Crippen molar-refractivity contribution in [3.05, 3.63) is 71.2 Å². The number of hydrogen-bond donors (Lipinski definition) is 7. The molecule has 61 heavy (non-hydrogen) atoms. The van der Waals surface area contributed by atoms with E-state index in [0.717, 1.165) is 37.8 Å². The number of amides is 2. The zero-order valence-electron chi connectivity index (χ0n) is 34.5. The largest absolute Gasteiger partial charge is 0.493 e. The maximum atomic E-state index is 13.5. The summed E-state index contributed by atoms with van der Waals surface area (Å²) in [6.45, 7) is 5.21. The minimum Gasteiger partial charge on any atom is -0.493 e. The number of nitrogens with zero attached hydrogens (tertiary/aromatic N) is 4. The van der Waals surface area contributed by atoms with Gasteiger partial charge in [0.25, 0.3) is 0 Å². The van der Waals surface area contributed by atoms with E-state index in [4.69, 9.17) is 15.2 Å². The number of methoxy groups -OCH3 is 1. The van der Waals surface area contributed by atoms with E-state index in [2.05, 4.69) is 25.9 Å². The Morgan fingerprint density at radius 1 is 1.02 bits per heavy atom. The lowest BCUT2D eigenvalue weighted by Gasteiger charge is -2.36. The number of imide groups is 1. The quantitative estimate of drug-likeness (QED) is 0.0603. The molecule has 0 bridgehead atoms. The molecule has 2 aromatic carbocycles. The predicted molar refractivity (Wildman–Crippen MR) is 221 cm³/mol. The van der Waals surface area contributed by atoms with Gasteiger partial charge in [0, 0.05) is 42.5 Å². The van der Waals surface area contributed by atoms with Crippen molar-refractivity contribution >= 4 is 34.2 Å². The molecular weight excluding hydrogens is 798 g/mol. The van der Waals surface area contributed by atoms with Crippen LogP contribution in [0.1, 0.15) is 81.3 Å². The van der Waals surface area contributed by atoms with Crippen LogP contribution in [0.5, 0.6) is 11.5 Å². The number of hydrogen-bond acceptors (Lipinski definition) is 14. The van der Waals surface area contributed by atoms with Gasteiger partial charge in [0.15, 0.2) is 11.5 Å². The van der Waals surface area contributed by atoms with Crippen molar-refractivity contribution in [2.45, 2.75) is 108 Å². The van der Waals surface area contributed by atoms with E-state index >= 15 is 0 Å². The number of benzene rings is 2. The molecule has 1 aromatic heterocycles. The van der Waals surface area contributed by atoms with Crippen molar-refractivity contribution in [3.63, 3.8) is 0 Å². The number of aliphatic hydroxyl groups is 3. The lowest BCUT2D eigenvalue weighted by Crippen LogP contribution is -2.58. The number of piperidine rings is 1. The van der Waals surface area contributed by atoms with Crippen molar-refractivity contribution < 1.29 is 47.6 Å². The van der Waals surface area contributed by atoms with Crippen LogP contribution in [0.4, 0.5) is 24.7 Å². The molecule has 15 nitrogen and oxygen atoms in total. The van der Waals surface area contributed by atoms with Crippen LogP contribution in [0.25, 0.3) is 10.9 Å². The summed E-state index contributed by atoms with van der Waals surface area (Å²) >= 11 is 0. The number of halogens is 3. The number of fused-ring (bicyclic) bond motifs is 2. The fraction of sp³-hybridized carbons (Fsp3) is 0.535. The number of nitrogens with one attached hydrogen (secondary N) is 3. The smallest absolute Gasteiger partial charge is 0.416 e.